The van der Waals surface area contributed by atoms with Crippen LogP contribution in [-0.4, -0.2) is 53.2 Å². The van der Waals surface area contributed by atoms with E-state index in [1.165, 1.54) is 33.3 Å². The largest absolute Gasteiger partial charge is 0.379 e. The third kappa shape index (κ3) is 3.89. The zero-order valence-electron chi connectivity index (χ0n) is 15.2. The first-order valence-electron chi connectivity index (χ1n) is 8.93. The van der Waals surface area contributed by atoms with Gasteiger partial charge in [-0.3, -0.25) is 9.69 Å². The number of morpholine rings is 1. The Balaban J connectivity index is 1.58. The van der Waals surface area contributed by atoms with Gasteiger partial charge >= 0.3 is 0 Å². The Bertz CT molecular complexity index is 991. The summed E-state index contributed by atoms with van der Waals surface area (Å²) < 4.78 is 6.56. The summed E-state index contributed by atoms with van der Waals surface area (Å²) >= 11 is 3.02. The van der Waals surface area contributed by atoms with Crippen molar-refractivity contribution in [1.29, 1.82) is 0 Å². The number of thiophene rings is 1. The van der Waals surface area contributed by atoms with Crippen LogP contribution in [-0.2, 0) is 4.74 Å². The maximum absolute atomic E-state index is 12.9. The lowest BCUT2D eigenvalue weighted by atomic mass is 10.1. The van der Waals surface area contributed by atoms with E-state index in [-0.39, 0.29) is 5.56 Å². The van der Waals surface area contributed by atoms with E-state index in [2.05, 4.69) is 9.88 Å². The summed E-state index contributed by atoms with van der Waals surface area (Å²) in [6, 6.07) is 8.15. The van der Waals surface area contributed by atoms with E-state index in [0.717, 1.165) is 54.6 Å². The van der Waals surface area contributed by atoms with E-state index in [0.29, 0.717) is 10.5 Å². The van der Waals surface area contributed by atoms with E-state index in [9.17, 15) is 4.79 Å². The summed E-state index contributed by atoms with van der Waals surface area (Å²) in [7, 11) is 0. The molecule has 2 aromatic heterocycles. The molecule has 142 valence electrons. The van der Waals surface area contributed by atoms with Crippen LogP contribution < -0.4 is 11.4 Å². The Morgan fingerprint density at radius 2 is 2.00 bits per heavy atom. The number of rotatable bonds is 5. The van der Waals surface area contributed by atoms with Gasteiger partial charge in [-0.15, -0.1) is 11.3 Å². The van der Waals surface area contributed by atoms with E-state index in [4.69, 9.17) is 10.6 Å². The molecule has 0 spiro atoms. The average Bonchev–Trinajstić information content (AvgIpc) is 3.11. The van der Waals surface area contributed by atoms with Gasteiger partial charge < -0.3 is 10.6 Å². The van der Waals surface area contributed by atoms with Crippen LogP contribution in [0.25, 0.3) is 21.3 Å². The first kappa shape index (κ1) is 18.5. The highest BCUT2D eigenvalue weighted by Crippen LogP contribution is 2.32. The maximum atomic E-state index is 12.9. The normalized spacial score (nSPS) is 15.4. The fraction of sp³-hybridized carbons (Fsp3) is 0.368. The van der Waals surface area contributed by atoms with Crippen molar-refractivity contribution >= 4 is 33.3 Å². The lowest BCUT2D eigenvalue weighted by molar-refractivity contribution is 0.0410. The maximum Gasteiger partial charge on any atom is 0.282 e. The van der Waals surface area contributed by atoms with Crippen LogP contribution in [0.5, 0.6) is 0 Å². The highest BCUT2D eigenvalue weighted by Gasteiger charge is 2.17. The molecule has 0 saturated carbocycles. The topological polar surface area (TPSA) is 73.4 Å². The van der Waals surface area contributed by atoms with E-state index in [1.807, 2.05) is 36.6 Å². The highest BCUT2D eigenvalue weighted by molar-refractivity contribution is 7.99. The molecule has 27 heavy (non-hydrogen) atoms. The van der Waals surface area contributed by atoms with E-state index < -0.39 is 0 Å². The van der Waals surface area contributed by atoms with Crippen molar-refractivity contribution in [2.45, 2.75) is 12.1 Å². The smallest absolute Gasteiger partial charge is 0.282 e. The molecule has 0 bridgehead atoms. The summed E-state index contributed by atoms with van der Waals surface area (Å²) in [5.41, 5.74) is 2.91. The summed E-state index contributed by atoms with van der Waals surface area (Å²) in [5, 5.41) is 3.16. The highest BCUT2D eigenvalue weighted by atomic mass is 32.2. The summed E-state index contributed by atoms with van der Waals surface area (Å²) in [6.07, 6.45) is 0. The molecular weight excluding hydrogens is 380 g/mol. The molecule has 2 N–H and O–H groups in total. The fourth-order valence-electron chi connectivity index (χ4n) is 3.12. The summed E-state index contributed by atoms with van der Waals surface area (Å²) in [5.74, 6) is 6.93. The number of nitrogen functional groups attached to an aromatic ring is 1. The molecule has 6 nitrogen and oxygen atoms in total. The van der Waals surface area contributed by atoms with Crippen molar-refractivity contribution in [3.05, 3.63) is 45.6 Å². The molecule has 1 aliphatic heterocycles. The number of thioether (sulfide) groups is 1. The predicted molar refractivity (Wildman–Crippen MR) is 112 cm³/mol. The van der Waals surface area contributed by atoms with E-state index in [1.54, 1.807) is 0 Å². The zero-order chi connectivity index (χ0) is 18.8. The quantitative estimate of drug-likeness (QED) is 0.402. The monoisotopic (exact) mass is 402 g/mol. The third-order valence-corrected chi connectivity index (χ3v) is 6.52. The number of fused-ring (bicyclic) bond motifs is 1. The Morgan fingerprint density at radius 3 is 2.74 bits per heavy atom. The molecular formula is C19H22N4O2S2. The van der Waals surface area contributed by atoms with E-state index >= 15 is 0 Å². The van der Waals surface area contributed by atoms with Gasteiger partial charge in [0.1, 0.15) is 4.83 Å². The lowest BCUT2D eigenvalue weighted by Gasteiger charge is -2.26. The number of hydrogen-bond acceptors (Lipinski definition) is 7. The molecule has 3 aromatic rings. The van der Waals surface area contributed by atoms with Crippen LogP contribution in [0.4, 0.5) is 0 Å². The molecule has 1 aromatic carbocycles. The second-order valence-corrected chi connectivity index (χ2v) is 8.49. The van der Waals surface area contributed by atoms with Gasteiger partial charge in [-0.25, -0.2) is 9.66 Å². The van der Waals surface area contributed by atoms with Crippen LogP contribution in [0.2, 0.25) is 0 Å². The third-order valence-electron chi connectivity index (χ3n) is 4.71. The molecule has 0 atom stereocenters. The van der Waals surface area contributed by atoms with Crippen molar-refractivity contribution in [1.82, 2.24) is 14.6 Å². The molecule has 0 unspecified atom stereocenters. The van der Waals surface area contributed by atoms with Gasteiger partial charge in [0.25, 0.3) is 5.56 Å². The molecule has 1 aliphatic rings. The standard InChI is InChI=1S/C19H22N4O2S2/c1-13-2-4-14(5-3-13)15-12-27-17-16(15)18(24)23(20)19(21-17)26-11-8-22-6-9-25-10-7-22/h2-5,12H,6-11,20H2,1H3. The van der Waals surface area contributed by atoms with Crippen LogP contribution in [0, 0.1) is 6.92 Å². The Labute approximate surface area is 165 Å². The van der Waals surface area contributed by atoms with Gasteiger partial charge in [0, 0.05) is 36.3 Å². The first-order chi connectivity index (χ1) is 13.1. The van der Waals surface area contributed by atoms with Crippen LogP contribution in [0.3, 0.4) is 0 Å². The van der Waals surface area contributed by atoms with Gasteiger partial charge in [-0.05, 0) is 12.5 Å². The molecule has 0 aliphatic carbocycles. The van der Waals surface area contributed by atoms with Crippen molar-refractivity contribution in [3.8, 4) is 11.1 Å². The summed E-state index contributed by atoms with van der Waals surface area (Å²) in [4.78, 5) is 20.7. The molecule has 1 saturated heterocycles. The minimum Gasteiger partial charge on any atom is -0.379 e. The van der Waals surface area contributed by atoms with Crippen LogP contribution >= 0.6 is 23.1 Å². The number of nitrogens with zero attached hydrogens (tertiary/aromatic N) is 3. The van der Waals surface area contributed by atoms with Crippen molar-refractivity contribution in [2.75, 3.05) is 44.4 Å². The van der Waals surface area contributed by atoms with Gasteiger partial charge in [0.15, 0.2) is 5.16 Å². The van der Waals surface area contributed by atoms with Crippen LogP contribution in [0.15, 0.2) is 39.6 Å². The van der Waals surface area contributed by atoms with Gasteiger partial charge in [-0.1, -0.05) is 41.6 Å². The molecule has 4 rings (SSSR count). The number of aryl methyl sites for hydroxylation is 1. The minimum atomic E-state index is -0.189. The van der Waals surface area contributed by atoms with Crippen molar-refractivity contribution < 1.29 is 4.74 Å². The minimum absolute atomic E-state index is 0.189. The molecule has 3 heterocycles. The number of benzene rings is 1. The zero-order valence-corrected chi connectivity index (χ0v) is 16.8. The average molecular weight is 403 g/mol. The second-order valence-electron chi connectivity index (χ2n) is 6.57. The van der Waals surface area contributed by atoms with Crippen molar-refractivity contribution in [3.63, 3.8) is 0 Å². The Hall–Kier alpha value is -1.87. The fourth-order valence-corrected chi connectivity index (χ4v) is 5.03. The lowest BCUT2D eigenvalue weighted by Crippen LogP contribution is -2.37. The van der Waals surface area contributed by atoms with Gasteiger partial charge in [0.05, 0.1) is 18.6 Å². The molecule has 1 fully saturated rings. The second kappa shape index (κ2) is 8.02. The number of hydrogen-bond donors (Lipinski definition) is 1. The Morgan fingerprint density at radius 1 is 1.26 bits per heavy atom. The molecule has 0 amide bonds. The SMILES string of the molecule is Cc1ccc(-c2csc3nc(SCCN4CCOCC4)n(N)c(=O)c23)cc1. The molecule has 8 heteroatoms. The number of nitrogens with two attached hydrogens (primary N) is 1. The summed E-state index contributed by atoms with van der Waals surface area (Å²) in [6.45, 7) is 6.45. The number of aromatic nitrogens is 2. The van der Waals surface area contributed by atoms with Gasteiger partial charge in [-0.2, -0.15) is 0 Å². The predicted octanol–water partition coefficient (Wildman–Crippen LogP) is 2.57. The molecule has 0 radical (unpaired) electrons. The van der Waals surface area contributed by atoms with Crippen molar-refractivity contribution in [2.24, 2.45) is 0 Å². The first-order valence-corrected chi connectivity index (χ1v) is 10.8. The van der Waals surface area contributed by atoms with Crippen LogP contribution in [0.1, 0.15) is 5.56 Å². The number of ether oxygens (including phenoxy) is 1. The van der Waals surface area contributed by atoms with Gasteiger partial charge in [0.2, 0.25) is 0 Å². The Kier molecular flexibility index (Phi) is 5.49.